The molecule has 0 fully saturated rings. The van der Waals surface area contributed by atoms with Crippen LogP contribution in [-0.2, 0) is 10.0 Å². The molecule has 0 bridgehead atoms. The van der Waals surface area contributed by atoms with Crippen molar-refractivity contribution < 1.29 is 12.8 Å². The van der Waals surface area contributed by atoms with Crippen molar-refractivity contribution in [1.82, 2.24) is 10.2 Å². The Hall–Kier alpha value is -1.19. The Balaban J connectivity index is 2.12. The van der Waals surface area contributed by atoms with E-state index in [4.69, 9.17) is 0 Å². The summed E-state index contributed by atoms with van der Waals surface area (Å²) < 4.78 is 39.9. The third-order valence-corrected chi connectivity index (χ3v) is 5.84. The lowest BCUT2D eigenvalue weighted by Crippen LogP contribution is -2.12. The highest BCUT2D eigenvalue weighted by molar-refractivity contribution is 8.01. The van der Waals surface area contributed by atoms with E-state index in [9.17, 15) is 12.8 Å². The van der Waals surface area contributed by atoms with Crippen molar-refractivity contribution in [2.24, 2.45) is 0 Å². The average Bonchev–Trinajstić information content (AvgIpc) is 2.83. The van der Waals surface area contributed by atoms with Crippen molar-refractivity contribution in [3.63, 3.8) is 0 Å². The molecular weight excluding hydrogens is 321 g/mol. The molecule has 0 saturated heterocycles. The number of rotatable bonds is 6. The molecule has 0 aliphatic heterocycles. The Bertz CT molecular complexity index is 670. The van der Waals surface area contributed by atoms with Gasteiger partial charge >= 0.3 is 0 Å². The maximum atomic E-state index is 12.8. The second-order valence-corrected chi connectivity index (χ2v) is 7.78. The fourth-order valence-electron chi connectivity index (χ4n) is 1.29. The van der Waals surface area contributed by atoms with Crippen LogP contribution in [0, 0.1) is 5.82 Å². The summed E-state index contributed by atoms with van der Waals surface area (Å²) in [5, 5.41) is 7.87. The number of sulfonamides is 1. The summed E-state index contributed by atoms with van der Waals surface area (Å²) in [5.74, 6) is 0.414. The highest BCUT2D eigenvalue weighted by Gasteiger charge is 2.16. The SMILES string of the molecule is CCCSc1nnc(NS(=O)(=O)c2ccc(F)cc2)s1. The molecule has 0 spiro atoms. The predicted molar refractivity (Wildman–Crippen MR) is 78.1 cm³/mol. The first-order chi connectivity index (χ1) is 9.51. The monoisotopic (exact) mass is 333 g/mol. The van der Waals surface area contributed by atoms with Gasteiger partial charge in [-0.05, 0) is 30.7 Å². The van der Waals surface area contributed by atoms with E-state index in [-0.39, 0.29) is 10.0 Å². The minimum atomic E-state index is -3.76. The average molecular weight is 333 g/mol. The molecule has 2 rings (SSSR count). The summed E-state index contributed by atoms with van der Waals surface area (Å²) in [6, 6.07) is 4.59. The molecule has 0 atom stereocenters. The first kappa shape index (κ1) is 15.2. The molecule has 1 aromatic heterocycles. The van der Waals surface area contributed by atoms with Gasteiger partial charge in [-0.15, -0.1) is 10.2 Å². The number of hydrogen-bond donors (Lipinski definition) is 1. The van der Waals surface area contributed by atoms with Gasteiger partial charge < -0.3 is 0 Å². The molecular formula is C11H12FN3O2S3. The van der Waals surface area contributed by atoms with E-state index in [1.54, 1.807) is 0 Å². The lowest BCUT2D eigenvalue weighted by Gasteiger charge is -2.03. The normalized spacial score (nSPS) is 11.5. The van der Waals surface area contributed by atoms with Crippen LogP contribution < -0.4 is 4.72 Å². The van der Waals surface area contributed by atoms with E-state index in [2.05, 4.69) is 14.9 Å². The molecule has 0 aliphatic carbocycles. The van der Waals surface area contributed by atoms with E-state index >= 15 is 0 Å². The lowest BCUT2D eigenvalue weighted by atomic mass is 10.4. The van der Waals surface area contributed by atoms with E-state index in [1.807, 2.05) is 6.92 Å². The highest BCUT2D eigenvalue weighted by atomic mass is 32.2. The van der Waals surface area contributed by atoms with E-state index in [0.29, 0.717) is 4.34 Å². The maximum Gasteiger partial charge on any atom is 0.263 e. The number of benzene rings is 1. The van der Waals surface area contributed by atoms with Crippen LogP contribution in [0.25, 0.3) is 0 Å². The van der Waals surface area contributed by atoms with Gasteiger partial charge in [-0.1, -0.05) is 30.0 Å². The number of nitrogens with one attached hydrogen (secondary N) is 1. The molecule has 9 heteroatoms. The first-order valence-electron chi connectivity index (χ1n) is 5.76. The summed E-state index contributed by atoms with van der Waals surface area (Å²) in [6.45, 7) is 2.05. The molecule has 108 valence electrons. The van der Waals surface area contributed by atoms with Crippen LogP contribution in [0.3, 0.4) is 0 Å². The smallest absolute Gasteiger partial charge is 0.253 e. The highest BCUT2D eigenvalue weighted by Crippen LogP contribution is 2.27. The second-order valence-electron chi connectivity index (χ2n) is 3.78. The van der Waals surface area contributed by atoms with Gasteiger partial charge in [0.05, 0.1) is 4.90 Å². The summed E-state index contributed by atoms with van der Waals surface area (Å²) in [4.78, 5) is -0.0168. The molecule has 0 aliphatic rings. The van der Waals surface area contributed by atoms with Crippen molar-refractivity contribution in [1.29, 1.82) is 0 Å². The Labute approximate surface area is 124 Å². The molecule has 0 radical (unpaired) electrons. The molecule has 5 nitrogen and oxygen atoms in total. The van der Waals surface area contributed by atoms with Gasteiger partial charge in [0, 0.05) is 5.75 Å². The molecule has 20 heavy (non-hydrogen) atoms. The minimum absolute atomic E-state index is 0.0168. The molecule has 0 unspecified atom stereocenters. The molecule has 1 heterocycles. The van der Waals surface area contributed by atoms with E-state index < -0.39 is 15.8 Å². The van der Waals surface area contributed by atoms with Crippen LogP contribution in [0.15, 0.2) is 33.5 Å². The van der Waals surface area contributed by atoms with E-state index in [1.165, 1.54) is 35.2 Å². The van der Waals surface area contributed by atoms with Crippen LogP contribution in [-0.4, -0.2) is 24.4 Å². The Morgan fingerprint density at radius 2 is 2.00 bits per heavy atom. The molecule has 0 amide bonds. The van der Waals surface area contributed by atoms with Crippen molar-refractivity contribution >= 4 is 38.3 Å². The van der Waals surface area contributed by atoms with Crippen molar-refractivity contribution in [2.45, 2.75) is 22.6 Å². The zero-order valence-corrected chi connectivity index (χ0v) is 13.0. The van der Waals surface area contributed by atoms with Crippen molar-refractivity contribution in [2.75, 3.05) is 10.5 Å². The predicted octanol–water partition coefficient (Wildman–Crippen LogP) is 2.98. The topological polar surface area (TPSA) is 72.0 Å². The van der Waals surface area contributed by atoms with Crippen molar-refractivity contribution in [3.8, 4) is 0 Å². The number of hydrogen-bond acceptors (Lipinski definition) is 6. The van der Waals surface area contributed by atoms with Crippen LogP contribution in [0.2, 0.25) is 0 Å². The summed E-state index contributed by atoms with van der Waals surface area (Å²) in [6.07, 6.45) is 1.00. The Kier molecular flexibility index (Phi) is 4.95. The summed E-state index contributed by atoms with van der Waals surface area (Å²) >= 11 is 2.70. The molecule has 2 aromatic rings. The standard InChI is InChI=1S/C11H12FN3O2S3/c1-2-7-18-11-14-13-10(19-11)15-20(16,17)9-5-3-8(12)4-6-9/h3-6H,2,7H2,1H3,(H,13,15). The second kappa shape index (κ2) is 6.51. The summed E-state index contributed by atoms with van der Waals surface area (Å²) in [7, 11) is -3.76. The number of halogens is 1. The Morgan fingerprint density at radius 1 is 1.30 bits per heavy atom. The third kappa shape index (κ3) is 3.90. The first-order valence-corrected chi connectivity index (χ1v) is 9.04. The number of nitrogens with zero attached hydrogens (tertiary/aromatic N) is 2. The zero-order valence-electron chi connectivity index (χ0n) is 10.5. The molecule has 1 aromatic carbocycles. The third-order valence-electron chi connectivity index (χ3n) is 2.18. The number of anilines is 1. The van der Waals surface area contributed by atoms with Gasteiger partial charge in [-0.2, -0.15) is 0 Å². The number of aromatic nitrogens is 2. The van der Waals surface area contributed by atoms with Crippen LogP contribution in [0.5, 0.6) is 0 Å². The van der Waals surface area contributed by atoms with Gasteiger partial charge in [0.2, 0.25) is 5.13 Å². The van der Waals surface area contributed by atoms with E-state index in [0.717, 1.165) is 24.3 Å². The zero-order chi connectivity index (χ0) is 14.6. The maximum absolute atomic E-state index is 12.8. The van der Waals surface area contributed by atoms with Gasteiger partial charge in [0.15, 0.2) is 4.34 Å². The quantitative estimate of drug-likeness (QED) is 0.823. The van der Waals surface area contributed by atoms with Gasteiger partial charge in [-0.25, -0.2) is 12.8 Å². The van der Waals surface area contributed by atoms with Crippen LogP contribution in [0.1, 0.15) is 13.3 Å². The van der Waals surface area contributed by atoms with Crippen LogP contribution >= 0.6 is 23.1 Å². The van der Waals surface area contributed by atoms with Gasteiger partial charge in [-0.3, -0.25) is 4.72 Å². The molecule has 0 saturated carbocycles. The molecule has 1 N–H and O–H groups in total. The minimum Gasteiger partial charge on any atom is -0.253 e. The fourth-order valence-corrected chi connectivity index (χ4v) is 4.19. The van der Waals surface area contributed by atoms with Crippen molar-refractivity contribution in [3.05, 3.63) is 30.1 Å². The van der Waals surface area contributed by atoms with Crippen LogP contribution in [0.4, 0.5) is 9.52 Å². The summed E-state index contributed by atoms with van der Waals surface area (Å²) in [5.41, 5.74) is 0. The largest absolute Gasteiger partial charge is 0.263 e. The lowest BCUT2D eigenvalue weighted by molar-refractivity contribution is 0.599. The van der Waals surface area contributed by atoms with Gasteiger partial charge in [0.1, 0.15) is 5.82 Å². The Morgan fingerprint density at radius 3 is 2.65 bits per heavy atom. The fraction of sp³-hybridized carbons (Fsp3) is 0.273. The number of thioether (sulfide) groups is 1. The van der Waals surface area contributed by atoms with Gasteiger partial charge in [0.25, 0.3) is 10.0 Å².